The van der Waals surface area contributed by atoms with Gasteiger partial charge in [-0.2, -0.15) is 0 Å². The molecule has 1 saturated heterocycles. The predicted octanol–water partition coefficient (Wildman–Crippen LogP) is 6.39. The lowest BCUT2D eigenvalue weighted by atomic mass is 9.52. The third-order valence-corrected chi connectivity index (χ3v) is 9.56. The molecule has 2 aromatic rings. The Bertz CT molecular complexity index is 1100. The first-order valence-electron chi connectivity index (χ1n) is 14.0. The van der Waals surface area contributed by atoms with Crippen LogP contribution in [-0.2, 0) is 23.2 Å². The highest BCUT2D eigenvalue weighted by atomic mass is 79.9. The minimum absolute atomic E-state index is 0.0878. The lowest BCUT2D eigenvalue weighted by molar-refractivity contribution is -0.0138. The number of unbranched alkanes of at least 4 members (excludes halogenated alkanes) is 1. The summed E-state index contributed by atoms with van der Waals surface area (Å²) in [5.41, 5.74) is 10.7. The van der Waals surface area contributed by atoms with Gasteiger partial charge >= 0.3 is 6.09 Å². The SMILES string of the molecule is CCCCOc1cc2c(c(Br)c1NCCN)C[C@H]1[C@H]3CCCC[C@@]23CCN1C(=O)OCc1ccccc1. The predicted molar refractivity (Wildman–Crippen MR) is 151 cm³/mol. The third kappa shape index (κ3) is 5.09. The maximum absolute atomic E-state index is 13.4. The van der Waals surface area contributed by atoms with E-state index in [0.717, 1.165) is 60.1 Å². The molecule has 3 N–H and O–H groups in total. The Labute approximate surface area is 229 Å². The number of anilines is 1. The standard InChI is InChI=1S/C30H40BrN3O3/c1-2-3-17-36-26-19-24-22(27(31)28(26)33-15-14-32)18-25-23-11-7-8-12-30(23,24)13-16-34(25)29(35)37-20-21-9-5-4-6-10-21/h4-6,9-10,19,23,25,33H,2-3,7-8,11-18,20,32H2,1H3/t23-,25+,30+/m1/s1. The number of hydrogen-bond acceptors (Lipinski definition) is 5. The zero-order valence-electron chi connectivity index (χ0n) is 21.9. The van der Waals surface area contributed by atoms with E-state index in [9.17, 15) is 4.79 Å². The largest absolute Gasteiger partial charge is 0.491 e. The molecule has 3 aliphatic rings. The third-order valence-electron chi connectivity index (χ3n) is 8.68. The van der Waals surface area contributed by atoms with Crippen LogP contribution in [0.15, 0.2) is 40.9 Å². The first-order chi connectivity index (χ1) is 18.1. The molecule has 0 radical (unpaired) electrons. The Balaban J connectivity index is 1.48. The van der Waals surface area contributed by atoms with Crippen LogP contribution < -0.4 is 15.8 Å². The van der Waals surface area contributed by atoms with E-state index in [1.54, 1.807) is 0 Å². The van der Waals surface area contributed by atoms with E-state index >= 15 is 0 Å². The van der Waals surface area contributed by atoms with Crippen molar-refractivity contribution in [1.29, 1.82) is 0 Å². The van der Waals surface area contributed by atoms with E-state index in [-0.39, 0.29) is 17.6 Å². The number of ether oxygens (including phenoxy) is 2. The van der Waals surface area contributed by atoms with Gasteiger partial charge in [-0.1, -0.05) is 56.5 Å². The molecule has 7 heteroatoms. The summed E-state index contributed by atoms with van der Waals surface area (Å²) in [7, 11) is 0. The number of nitrogens with one attached hydrogen (secondary N) is 1. The van der Waals surface area contributed by atoms with Crippen LogP contribution in [0.5, 0.6) is 5.75 Å². The highest BCUT2D eigenvalue weighted by molar-refractivity contribution is 9.10. The van der Waals surface area contributed by atoms with Crippen LogP contribution in [-0.4, -0.2) is 43.3 Å². The van der Waals surface area contributed by atoms with Crippen molar-refractivity contribution in [2.75, 3.05) is 31.6 Å². The van der Waals surface area contributed by atoms with Crippen molar-refractivity contribution in [2.45, 2.75) is 76.4 Å². The Kier molecular flexibility index (Phi) is 8.30. The molecule has 3 atom stereocenters. The average molecular weight is 571 g/mol. The highest BCUT2D eigenvalue weighted by Gasteiger charge is 2.55. The topological polar surface area (TPSA) is 76.8 Å². The molecule has 6 nitrogen and oxygen atoms in total. The number of fused-ring (bicyclic) bond motifs is 1. The Morgan fingerprint density at radius 2 is 2.08 bits per heavy atom. The Hall–Kier alpha value is -2.25. The summed E-state index contributed by atoms with van der Waals surface area (Å²) in [5.74, 6) is 1.37. The van der Waals surface area contributed by atoms with Gasteiger partial charge in [0.25, 0.3) is 0 Å². The summed E-state index contributed by atoms with van der Waals surface area (Å²) < 4.78 is 13.3. The molecule has 1 heterocycles. The fourth-order valence-electron chi connectivity index (χ4n) is 6.91. The monoisotopic (exact) mass is 569 g/mol. The number of nitrogens with two attached hydrogens (primary N) is 1. The van der Waals surface area contributed by atoms with Crippen LogP contribution >= 0.6 is 15.9 Å². The Morgan fingerprint density at radius 1 is 1.24 bits per heavy atom. The van der Waals surface area contributed by atoms with Gasteiger partial charge in [0.2, 0.25) is 0 Å². The van der Waals surface area contributed by atoms with Gasteiger partial charge in [-0.3, -0.25) is 0 Å². The maximum atomic E-state index is 13.4. The molecular formula is C30H40BrN3O3. The van der Waals surface area contributed by atoms with E-state index in [2.05, 4.69) is 34.2 Å². The molecule has 1 aliphatic heterocycles. The number of carbonyl (C=O) groups excluding carboxylic acids is 1. The number of piperidine rings is 1. The molecule has 2 aliphatic carbocycles. The quantitative estimate of drug-likeness (QED) is 0.342. The van der Waals surface area contributed by atoms with Crippen LogP contribution in [0.4, 0.5) is 10.5 Å². The van der Waals surface area contributed by atoms with Crippen molar-refractivity contribution in [3.8, 4) is 5.75 Å². The molecule has 0 aromatic heterocycles. The second kappa shape index (κ2) is 11.6. The highest BCUT2D eigenvalue weighted by Crippen LogP contribution is 2.58. The molecule has 1 amide bonds. The second-order valence-corrected chi connectivity index (χ2v) is 11.6. The first kappa shape index (κ1) is 26.4. The van der Waals surface area contributed by atoms with Gasteiger partial charge in [0.15, 0.2) is 0 Å². The smallest absolute Gasteiger partial charge is 0.410 e. The summed E-state index contributed by atoms with van der Waals surface area (Å²) in [4.78, 5) is 15.4. The van der Waals surface area contributed by atoms with Gasteiger partial charge in [0, 0.05) is 35.6 Å². The number of hydrogen-bond donors (Lipinski definition) is 2. The van der Waals surface area contributed by atoms with Crippen LogP contribution in [0.25, 0.3) is 0 Å². The zero-order valence-corrected chi connectivity index (χ0v) is 23.5. The number of likely N-dealkylation sites (tertiary alicyclic amines) is 1. The van der Waals surface area contributed by atoms with E-state index in [1.165, 1.54) is 30.4 Å². The van der Waals surface area contributed by atoms with Crippen LogP contribution in [0, 0.1) is 5.92 Å². The van der Waals surface area contributed by atoms with Gasteiger partial charge < -0.3 is 25.4 Å². The van der Waals surface area contributed by atoms with Crippen LogP contribution in [0.1, 0.15) is 68.6 Å². The summed E-state index contributed by atoms with van der Waals surface area (Å²) >= 11 is 3.98. The number of rotatable bonds is 9. The molecule has 5 rings (SSSR count). The normalized spacial score (nSPS) is 24.1. The summed E-state index contributed by atoms with van der Waals surface area (Å²) in [6.07, 6.45) is 8.53. The molecule has 2 aromatic carbocycles. The van der Waals surface area contributed by atoms with Gasteiger partial charge in [-0.15, -0.1) is 0 Å². The van der Waals surface area contributed by atoms with Gasteiger partial charge in [0.1, 0.15) is 12.4 Å². The second-order valence-electron chi connectivity index (χ2n) is 10.8. The van der Waals surface area contributed by atoms with Crippen molar-refractivity contribution in [3.05, 3.63) is 57.6 Å². The number of nitrogens with zero attached hydrogens (tertiary/aromatic N) is 1. The molecule has 0 spiro atoms. The number of amides is 1. The molecular weight excluding hydrogens is 530 g/mol. The first-order valence-corrected chi connectivity index (χ1v) is 14.8. The van der Waals surface area contributed by atoms with Crippen molar-refractivity contribution >= 4 is 27.7 Å². The summed E-state index contributed by atoms with van der Waals surface area (Å²) in [6.45, 7) is 5.17. The summed E-state index contributed by atoms with van der Waals surface area (Å²) in [5, 5.41) is 3.51. The van der Waals surface area contributed by atoms with E-state index < -0.39 is 0 Å². The van der Waals surface area contributed by atoms with Crippen LogP contribution in [0.2, 0.25) is 0 Å². The van der Waals surface area contributed by atoms with Crippen molar-refractivity contribution < 1.29 is 14.3 Å². The Morgan fingerprint density at radius 3 is 2.86 bits per heavy atom. The fourth-order valence-corrected chi connectivity index (χ4v) is 7.62. The van der Waals surface area contributed by atoms with Gasteiger partial charge in [-0.05, 0) is 76.7 Å². The fraction of sp³-hybridized carbons (Fsp3) is 0.567. The van der Waals surface area contributed by atoms with Crippen molar-refractivity contribution in [2.24, 2.45) is 11.7 Å². The van der Waals surface area contributed by atoms with Crippen LogP contribution in [0.3, 0.4) is 0 Å². The molecule has 0 unspecified atom stereocenters. The van der Waals surface area contributed by atoms with E-state index in [0.29, 0.717) is 32.2 Å². The number of benzene rings is 2. The van der Waals surface area contributed by atoms with Crippen molar-refractivity contribution in [3.63, 3.8) is 0 Å². The lowest BCUT2D eigenvalue weighted by Crippen LogP contribution is -2.62. The lowest BCUT2D eigenvalue weighted by Gasteiger charge is -2.58. The summed E-state index contributed by atoms with van der Waals surface area (Å²) in [6, 6.07) is 12.4. The molecule has 200 valence electrons. The minimum Gasteiger partial charge on any atom is -0.491 e. The number of halogens is 1. The molecule has 2 bridgehead atoms. The van der Waals surface area contributed by atoms with Gasteiger partial charge in [0.05, 0.1) is 12.3 Å². The van der Waals surface area contributed by atoms with Crippen molar-refractivity contribution in [1.82, 2.24) is 4.90 Å². The zero-order chi connectivity index (χ0) is 25.8. The van der Waals surface area contributed by atoms with E-state index in [1.807, 2.05) is 35.2 Å². The maximum Gasteiger partial charge on any atom is 0.410 e. The van der Waals surface area contributed by atoms with Gasteiger partial charge in [-0.25, -0.2) is 4.79 Å². The molecule has 2 fully saturated rings. The molecule has 37 heavy (non-hydrogen) atoms. The van der Waals surface area contributed by atoms with E-state index in [4.69, 9.17) is 15.2 Å². The number of carbonyl (C=O) groups is 1. The minimum atomic E-state index is -0.186. The molecule has 1 saturated carbocycles. The average Bonchev–Trinajstić information content (AvgIpc) is 2.93.